The monoisotopic (exact) mass is 567 g/mol. The SMILES string of the molecule is CS(=O)(=O)c1c(C2C[C@H]3CC[C@@H](C2)N3c2nccc(N)n2)nc2c(-c3ccc(-c4ccccc4)nc3)cnn2c1N. The Morgan fingerprint density at radius 3 is 2.29 bits per heavy atom. The van der Waals surface area contributed by atoms with Gasteiger partial charge in [0.1, 0.15) is 16.5 Å². The van der Waals surface area contributed by atoms with Gasteiger partial charge in [-0.15, -0.1) is 0 Å². The average Bonchev–Trinajstić information content (AvgIpc) is 3.51. The van der Waals surface area contributed by atoms with Crippen LogP contribution in [0.3, 0.4) is 0 Å². The van der Waals surface area contributed by atoms with Gasteiger partial charge < -0.3 is 16.4 Å². The summed E-state index contributed by atoms with van der Waals surface area (Å²) in [6.07, 6.45) is 9.63. The summed E-state index contributed by atoms with van der Waals surface area (Å²) < 4.78 is 27.6. The van der Waals surface area contributed by atoms with Crippen molar-refractivity contribution in [2.24, 2.45) is 0 Å². The topological polar surface area (TPSA) is 158 Å². The van der Waals surface area contributed by atoms with E-state index in [1.54, 1.807) is 24.7 Å². The van der Waals surface area contributed by atoms with Crippen molar-refractivity contribution >= 4 is 33.1 Å². The zero-order valence-electron chi connectivity index (χ0n) is 22.4. The van der Waals surface area contributed by atoms with Gasteiger partial charge in [-0.2, -0.15) is 14.6 Å². The highest BCUT2D eigenvalue weighted by Gasteiger charge is 2.44. The Morgan fingerprint density at radius 1 is 0.878 bits per heavy atom. The highest BCUT2D eigenvalue weighted by molar-refractivity contribution is 7.91. The number of hydrogen-bond donors (Lipinski definition) is 2. The van der Waals surface area contributed by atoms with E-state index in [-0.39, 0.29) is 28.7 Å². The van der Waals surface area contributed by atoms with Crippen molar-refractivity contribution in [2.75, 3.05) is 22.6 Å². The van der Waals surface area contributed by atoms with Crippen LogP contribution in [0.25, 0.3) is 28.0 Å². The fraction of sp³-hybridized carbons (Fsp3) is 0.276. The lowest BCUT2D eigenvalue weighted by molar-refractivity contribution is 0.400. The largest absolute Gasteiger partial charge is 0.384 e. The molecule has 11 nitrogen and oxygen atoms in total. The van der Waals surface area contributed by atoms with Crippen molar-refractivity contribution in [3.63, 3.8) is 0 Å². The van der Waals surface area contributed by atoms with Crippen LogP contribution >= 0.6 is 0 Å². The van der Waals surface area contributed by atoms with Crippen LogP contribution in [0.5, 0.6) is 0 Å². The number of nitrogens with zero attached hydrogens (tertiary/aromatic N) is 7. The number of pyridine rings is 1. The normalized spacial score (nSPS) is 20.5. The van der Waals surface area contributed by atoms with Crippen LogP contribution in [-0.4, -0.2) is 56.3 Å². The first-order chi connectivity index (χ1) is 19.8. The van der Waals surface area contributed by atoms with Gasteiger partial charge in [0.05, 0.1) is 17.6 Å². The van der Waals surface area contributed by atoms with Gasteiger partial charge in [0.2, 0.25) is 5.95 Å². The maximum Gasteiger partial charge on any atom is 0.227 e. The number of fused-ring (bicyclic) bond motifs is 3. The van der Waals surface area contributed by atoms with Crippen LogP contribution in [0.15, 0.2) is 72.0 Å². The van der Waals surface area contributed by atoms with E-state index in [1.807, 2.05) is 42.5 Å². The van der Waals surface area contributed by atoms with Gasteiger partial charge in [-0.05, 0) is 37.8 Å². The van der Waals surface area contributed by atoms with Gasteiger partial charge in [0, 0.05) is 53.3 Å². The summed E-state index contributed by atoms with van der Waals surface area (Å²) in [4.78, 5) is 20.9. The number of hydrogen-bond acceptors (Lipinski definition) is 10. The number of nitrogens with two attached hydrogens (primary N) is 2. The molecule has 4 aromatic heterocycles. The molecule has 1 unspecified atom stereocenters. The van der Waals surface area contributed by atoms with Crippen LogP contribution in [0, 0.1) is 0 Å². The van der Waals surface area contributed by atoms with E-state index in [4.69, 9.17) is 16.5 Å². The maximum absolute atomic E-state index is 13.1. The third-order valence-corrected chi connectivity index (χ3v) is 9.35. The van der Waals surface area contributed by atoms with Gasteiger partial charge in [0.15, 0.2) is 15.5 Å². The summed E-state index contributed by atoms with van der Waals surface area (Å²) in [6.45, 7) is 0. The van der Waals surface area contributed by atoms with E-state index in [0.717, 1.165) is 35.2 Å². The highest BCUT2D eigenvalue weighted by atomic mass is 32.2. The first kappa shape index (κ1) is 25.4. The van der Waals surface area contributed by atoms with Gasteiger partial charge >= 0.3 is 0 Å². The van der Waals surface area contributed by atoms with Gasteiger partial charge in [-0.3, -0.25) is 4.98 Å². The van der Waals surface area contributed by atoms with Gasteiger partial charge in [-0.1, -0.05) is 36.4 Å². The molecule has 0 saturated carbocycles. The number of nitrogen functional groups attached to an aromatic ring is 2. The molecule has 0 aliphatic carbocycles. The van der Waals surface area contributed by atoms with Gasteiger partial charge in [-0.25, -0.2) is 18.4 Å². The molecule has 12 heteroatoms. The lowest BCUT2D eigenvalue weighted by Gasteiger charge is -2.39. The zero-order valence-corrected chi connectivity index (χ0v) is 23.2. The highest BCUT2D eigenvalue weighted by Crippen LogP contribution is 2.46. The minimum absolute atomic E-state index is 0.0512. The van der Waals surface area contributed by atoms with Crippen molar-refractivity contribution in [3.05, 3.63) is 72.8 Å². The molecule has 41 heavy (non-hydrogen) atoms. The van der Waals surface area contributed by atoms with Crippen LogP contribution in [0.4, 0.5) is 17.6 Å². The molecule has 0 spiro atoms. The van der Waals surface area contributed by atoms with E-state index in [1.165, 1.54) is 10.8 Å². The molecule has 2 aliphatic rings. The standard InChI is InChI=1S/C29H29N9O2S/c1-41(39,40)26-25(19-13-20-8-9-21(14-19)37(20)29-32-12-11-24(30)35-29)36-28-22(16-34-38(28)27(26)31)18-7-10-23(33-15-18)17-5-3-2-4-6-17/h2-7,10-12,15-16,19-21H,8-9,13-14,31H2,1H3,(H2,30,32,35)/t19?,20-,21+. The summed E-state index contributed by atoms with van der Waals surface area (Å²) in [6, 6.07) is 15.8. The molecular weight excluding hydrogens is 538 g/mol. The summed E-state index contributed by atoms with van der Waals surface area (Å²) >= 11 is 0. The molecule has 4 N–H and O–H groups in total. The molecule has 2 fully saturated rings. The molecular formula is C29H29N9O2S. The Labute approximate surface area is 237 Å². The van der Waals surface area contributed by atoms with Crippen LogP contribution in [0.2, 0.25) is 0 Å². The summed E-state index contributed by atoms with van der Waals surface area (Å²) in [5.74, 6) is 1.01. The summed E-state index contributed by atoms with van der Waals surface area (Å²) in [7, 11) is -3.70. The molecule has 0 amide bonds. The second-order valence-electron chi connectivity index (χ2n) is 10.8. The van der Waals surface area contributed by atoms with Crippen LogP contribution < -0.4 is 16.4 Å². The van der Waals surface area contributed by atoms with Crippen LogP contribution in [0.1, 0.15) is 37.3 Å². The fourth-order valence-electron chi connectivity index (χ4n) is 6.42. The second-order valence-corrected chi connectivity index (χ2v) is 12.8. The fourth-order valence-corrected chi connectivity index (χ4v) is 7.48. The molecule has 2 aliphatic heterocycles. The van der Waals surface area contributed by atoms with Crippen molar-refractivity contribution < 1.29 is 8.42 Å². The summed E-state index contributed by atoms with van der Waals surface area (Å²) in [5, 5.41) is 4.44. The molecule has 0 radical (unpaired) electrons. The third-order valence-electron chi connectivity index (χ3n) is 8.19. The van der Waals surface area contributed by atoms with Crippen LogP contribution in [-0.2, 0) is 9.84 Å². The number of aromatic nitrogens is 6. The summed E-state index contributed by atoms with van der Waals surface area (Å²) in [5.41, 5.74) is 16.9. The Bertz CT molecular complexity index is 1860. The molecule has 7 rings (SSSR count). The van der Waals surface area contributed by atoms with Crippen molar-refractivity contribution in [2.45, 2.75) is 48.6 Å². The van der Waals surface area contributed by atoms with E-state index in [0.29, 0.717) is 35.9 Å². The average molecular weight is 568 g/mol. The second kappa shape index (κ2) is 9.51. The van der Waals surface area contributed by atoms with Crippen molar-refractivity contribution in [1.82, 2.24) is 29.5 Å². The Hall–Kier alpha value is -4.58. The lowest BCUT2D eigenvalue weighted by atomic mass is 9.88. The molecule has 1 aromatic carbocycles. The Kier molecular flexibility index (Phi) is 5.89. The first-order valence-corrected chi connectivity index (χ1v) is 15.4. The smallest absolute Gasteiger partial charge is 0.227 e. The van der Waals surface area contributed by atoms with E-state index in [2.05, 4.69) is 25.0 Å². The third kappa shape index (κ3) is 4.34. The number of rotatable bonds is 5. The molecule has 2 bridgehead atoms. The number of piperidine rings is 1. The molecule has 208 valence electrons. The Balaban J connectivity index is 1.30. The van der Waals surface area contributed by atoms with E-state index >= 15 is 0 Å². The molecule has 6 heterocycles. The van der Waals surface area contributed by atoms with Gasteiger partial charge in [0.25, 0.3) is 0 Å². The lowest BCUT2D eigenvalue weighted by Crippen LogP contribution is -2.43. The Morgan fingerprint density at radius 2 is 1.63 bits per heavy atom. The maximum atomic E-state index is 13.1. The predicted octanol–water partition coefficient (Wildman–Crippen LogP) is 3.73. The first-order valence-electron chi connectivity index (χ1n) is 13.5. The molecule has 2 saturated heterocycles. The zero-order chi connectivity index (χ0) is 28.3. The number of benzene rings is 1. The quantitative estimate of drug-likeness (QED) is 0.320. The predicted molar refractivity (Wildman–Crippen MR) is 157 cm³/mol. The number of sulfone groups is 1. The number of anilines is 3. The van der Waals surface area contributed by atoms with E-state index in [9.17, 15) is 8.42 Å². The van der Waals surface area contributed by atoms with Crippen molar-refractivity contribution in [1.29, 1.82) is 0 Å². The molecule has 3 atom stereocenters. The minimum Gasteiger partial charge on any atom is -0.384 e. The van der Waals surface area contributed by atoms with E-state index < -0.39 is 9.84 Å². The minimum atomic E-state index is -3.70. The van der Waals surface area contributed by atoms with Crippen molar-refractivity contribution in [3.8, 4) is 22.4 Å². The molecule has 5 aromatic rings.